The molecule has 2 aromatic rings. The lowest BCUT2D eigenvalue weighted by molar-refractivity contribution is -0.123. The second kappa shape index (κ2) is 8.07. The van der Waals surface area contributed by atoms with Gasteiger partial charge in [0, 0.05) is 0 Å². The van der Waals surface area contributed by atoms with Gasteiger partial charge in [-0.3, -0.25) is 4.79 Å². The molecule has 2 rings (SSSR count). The molecule has 0 aromatic heterocycles. The first-order chi connectivity index (χ1) is 11.0. The molecule has 2 heteroatoms. The molecule has 0 aliphatic rings. The Morgan fingerprint density at radius 2 is 1.48 bits per heavy atom. The molecule has 0 radical (unpaired) electrons. The highest BCUT2D eigenvalue weighted by Gasteiger charge is 2.36. The summed E-state index contributed by atoms with van der Waals surface area (Å²) in [5.74, 6) is 0.265. The lowest BCUT2D eigenvalue weighted by atomic mass is 9.70. The van der Waals surface area contributed by atoms with E-state index < -0.39 is 5.41 Å². The monoisotopic (exact) mass is 309 g/mol. The van der Waals surface area contributed by atoms with E-state index in [1.54, 1.807) is 6.92 Å². The van der Waals surface area contributed by atoms with Gasteiger partial charge in [0.05, 0.1) is 5.41 Å². The summed E-state index contributed by atoms with van der Waals surface area (Å²) in [7, 11) is 4.13. The number of hydrogen-bond donors (Lipinski definition) is 0. The first-order valence-corrected chi connectivity index (χ1v) is 8.30. The Kier molecular flexibility index (Phi) is 6.12. The van der Waals surface area contributed by atoms with Gasteiger partial charge in [-0.25, -0.2) is 0 Å². The predicted octanol–water partition coefficient (Wildman–Crippen LogP) is 4.10. The Balaban J connectivity index is 2.30. The van der Waals surface area contributed by atoms with Crippen molar-refractivity contribution < 1.29 is 4.79 Å². The van der Waals surface area contributed by atoms with E-state index in [4.69, 9.17) is 0 Å². The summed E-state index contributed by atoms with van der Waals surface area (Å²) in [6.07, 6.45) is 2.62. The number of benzene rings is 2. The number of ketones is 1. The number of Topliss-reactive ketones (excluding diaryl/α,β-unsaturated/α-hetero) is 1. The zero-order valence-electron chi connectivity index (χ0n) is 14.5. The van der Waals surface area contributed by atoms with Gasteiger partial charge >= 0.3 is 0 Å². The summed E-state index contributed by atoms with van der Waals surface area (Å²) in [4.78, 5) is 14.8. The molecule has 0 unspecified atom stereocenters. The van der Waals surface area contributed by atoms with Gasteiger partial charge < -0.3 is 4.90 Å². The predicted molar refractivity (Wildman–Crippen MR) is 96.7 cm³/mol. The second-order valence-corrected chi connectivity index (χ2v) is 6.54. The Morgan fingerprint density at radius 3 is 2.00 bits per heavy atom. The summed E-state index contributed by atoms with van der Waals surface area (Å²) in [5, 5.41) is 0. The van der Waals surface area contributed by atoms with Crippen molar-refractivity contribution in [2.45, 2.75) is 31.6 Å². The van der Waals surface area contributed by atoms with Crippen molar-refractivity contribution in [1.82, 2.24) is 4.90 Å². The van der Waals surface area contributed by atoms with Gasteiger partial charge in [-0.2, -0.15) is 0 Å². The average Bonchev–Trinajstić information content (AvgIpc) is 2.56. The lowest BCUT2D eigenvalue weighted by Gasteiger charge is -2.33. The molecule has 0 aliphatic heterocycles. The molecule has 0 saturated heterocycles. The zero-order valence-corrected chi connectivity index (χ0v) is 14.5. The summed E-state index contributed by atoms with van der Waals surface area (Å²) >= 11 is 0. The van der Waals surface area contributed by atoms with Gasteiger partial charge in [0.25, 0.3) is 0 Å². The first kappa shape index (κ1) is 17.4. The van der Waals surface area contributed by atoms with Gasteiger partial charge in [-0.15, -0.1) is 0 Å². The Hall–Kier alpha value is -1.93. The normalized spacial score (nSPS) is 13.7. The number of hydrogen-bond acceptors (Lipinski definition) is 2. The van der Waals surface area contributed by atoms with Crippen LogP contribution < -0.4 is 0 Å². The third-order valence-corrected chi connectivity index (χ3v) is 4.67. The summed E-state index contributed by atoms with van der Waals surface area (Å²) in [6, 6.07) is 20.7. The highest BCUT2D eigenvalue weighted by Crippen LogP contribution is 2.34. The number of nitrogens with zero attached hydrogens (tertiary/aromatic N) is 1. The van der Waals surface area contributed by atoms with E-state index >= 15 is 0 Å². The third-order valence-electron chi connectivity index (χ3n) is 4.67. The van der Waals surface area contributed by atoms with Crippen molar-refractivity contribution in [1.29, 1.82) is 0 Å². The van der Waals surface area contributed by atoms with Crippen LogP contribution in [-0.4, -0.2) is 31.3 Å². The molecular formula is C21H27NO. The Bertz CT molecular complexity index is 606. The minimum absolute atomic E-state index is 0.265. The fourth-order valence-electron chi connectivity index (χ4n) is 3.14. The fourth-order valence-corrected chi connectivity index (χ4v) is 3.14. The summed E-state index contributed by atoms with van der Waals surface area (Å²) in [6.45, 7) is 2.65. The van der Waals surface area contributed by atoms with Crippen LogP contribution in [0.3, 0.4) is 0 Å². The summed E-state index contributed by atoms with van der Waals surface area (Å²) in [5.41, 5.74) is 2.03. The van der Waals surface area contributed by atoms with Crippen molar-refractivity contribution in [3.63, 3.8) is 0 Å². The van der Waals surface area contributed by atoms with Crippen LogP contribution in [0.5, 0.6) is 0 Å². The number of carbonyl (C=O) groups is 1. The minimum atomic E-state index is -0.401. The quantitative estimate of drug-likeness (QED) is 0.732. The zero-order chi connectivity index (χ0) is 16.7. The number of carbonyl (C=O) groups excluding carboxylic acids is 1. The van der Waals surface area contributed by atoms with Crippen LogP contribution in [0.1, 0.15) is 30.9 Å². The fraction of sp³-hybridized carbons (Fsp3) is 0.381. The maximum atomic E-state index is 12.7. The highest BCUT2D eigenvalue weighted by molar-refractivity contribution is 5.88. The van der Waals surface area contributed by atoms with Gasteiger partial charge in [0.1, 0.15) is 5.78 Å². The Labute approximate surface area is 140 Å². The molecule has 0 spiro atoms. The van der Waals surface area contributed by atoms with Crippen LogP contribution in [0.4, 0.5) is 0 Å². The van der Waals surface area contributed by atoms with Gasteiger partial charge in [0.2, 0.25) is 0 Å². The molecule has 2 aromatic carbocycles. The minimum Gasteiger partial charge on any atom is -0.309 e. The van der Waals surface area contributed by atoms with E-state index in [-0.39, 0.29) is 5.78 Å². The second-order valence-electron chi connectivity index (χ2n) is 6.54. The smallest absolute Gasteiger partial charge is 0.140 e. The highest BCUT2D eigenvalue weighted by atomic mass is 16.1. The molecule has 2 nitrogen and oxygen atoms in total. The van der Waals surface area contributed by atoms with E-state index in [0.29, 0.717) is 0 Å². The number of rotatable bonds is 8. The Morgan fingerprint density at radius 1 is 0.913 bits per heavy atom. The molecule has 0 aliphatic carbocycles. The van der Waals surface area contributed by atoms with Crippen LogP contribution in [0.2, 0.25) is 0 Å². The summed E-state index contributed by atoms with van der Waals surface area (Å²) < 4.78 is 0. The van der Waals surface area contributed by atoms with Crippen LogP contribution >= 0.6 is 0 Å². The lowest BCUT2D eigenvalue weighted by Crippen LogP contribution is -2.38. The molecule has 0 amide bonds. The van der Waals surface area contributed by atoms with E-state index in [9.17, 15) is 4.79 Å². The van der Waals surface area contributed by atoms with Crippen molar-refractivity contribution in [2.24, 2.45) is 0 Å². The van der Waals surface area contributed by atoms with E-state index in [0.717, 1.165) is 31.4 Å². The molecular weight excluding hydrogens is 282 g/mol. The van der Waals surface area contributed by atoms with Crippen LogP contribution in [0, 0.1) is 0 Å². The maximum absolute atomic E-state index is 12.7. The van der Waals surface area contributed by atoms with Crippen LogP contribution in [0.25, 0.3) is 0 Å². The van der Waals surface area contributed by atoms with Crippen LogP contribution in [0.15, 0.2) is 60.7 Å². The third kappa shape index (κ3) is 4.52. The molecule has 0 heterocycles. The topological polar surface area (TPSA) is 20.3 Å². The SMILES string of the molecule is CC(=O)[C@@](CCc1ccccc1)(CCN(C)C)c1ccccc1. The molecule has 23 heavy (non-hydrogen) atoms. The molecule has 0 N–H and O–H groups in total. The van der Waals surface area contributed by atoms with Crippen LogP contribution in [-0.2, 0) is 16.6 Å². The van der Waals surface area contributed by atoms with Gasteiger partial charge in [-0.05, 0) is 58.0 Å². The van der Waals surface area contributed by atoms with Crippen molar-refractivity contribution in [3.05, 3.63) is 71.8 Å². The van der Waals surface area contributed by atoms with E-state index in [2.05, 4.69) is 55.4 Å². The molecule has 122 valence electrons. The first-order valence-electron chi connectivity index (χ1n) is 8.30. The molecule has 0 bridgehead atoms. The molecule has 0 saturated carbocycles. The largest absolute Gasteiger partial charge is 0.309 e. The van der Waals surface area contributed by atoms with E-state index in [1.807, 2.05) is 24.3 Å². The van der Waals surface area contributed by atoms with Gasteiger partial charge in [-0.1, -0.05) is 60.7 Å². The van der Waals surface area contributed by atoms with E-state index in [1.165, 1.54) is 5.56 Å². The van der Waals surface area contributed by atoms with Crippen molar-refractivity contribution in [2.75, 3.05) is 20.6 Å². The average molecular weight is 309 g/mol. The maximum Gasteiger partial charge on any atom is 0.140 e. The van der Waals surface area contributed by atoms with Crippen molar-refractivity contribution in [3.8, 4) is 0 Å². The standard InChI is InChI=1S/C21H27NO/c1-18(23)21(16-17-22(2)3,20-12-8-5-9-13-20)15-14-19-10-6-4-7-11-19/h4-13H,14-17H2,1-3H3/t21-/m1/s1. The van der Waals surface area contributed by atoms with Crippen molar-refractivity contribution >= 4 is 5.78 Å². The molecule has 0 fully saturated rings. The van der Waals surface area contributed by atoms with Gasteiger partial charge in [0.15, 0.2) is 0 Å². The molecule has 1 atom stereocenters. The number of aryl methyl sites for hydroxylation is 1.